The van der Waals surface area contributed by atoms with Crippen molar-refractivity contribution in [2.24, 2.45) is 0 Å². The predicted molar refractivity (Wildman–Crippen MR) is 63.6 cm³/mol. The number of rotatable bonds is 2. The fourth-order valence-electron chi connectivity index (χ4n) is 2.22. The lowest BCUT2D eigenvalue weighted by Crippen LogP contribution is -2.23. The molecule has 1 aromatic carbocycles. The number of anilines is 1. The van der Waals surface area contributed by atoms with Crippen LogP contribution in [0.1, 0.15) is 31.7 Å². The number of aliphatic hydroxyl groups is 1. The summed E-state index contributed by atoms with van der Waals surface area (Å²) in [7, 11) is 0. The fourth-order valence-corrected chi connectivity index (χ4v) is 2.55. The lowest BCUT2D eigenvalue weighted by Gasteiger charge is -2.22. The summed E-state index contributed by atoms with van der Waals surface area (Å²) in [6.07, 6.45) is 0.733. The van der Waals surface area contributed by atoms with E-state index in [-0.39, 0.29) is 0 Å². The van der Waals surface area contributed by atoms with Crippen LogP contribution in [0.4, 0.5) is 5.69 Å². The summed E-state index contributed by atoms with van der Waals surface area (Å²) in [6.45, 7) is 4.53. The van der Waals surface area contributed by atoms with Crippen molar-refractivity contribution in [3.8, 4) is 0 Å². The Balaban J connectivity index is 2.28. The van der Waals surface area contributed by atoms with Crippen LogP contribution in [0.3, 0.4) is 0 Å². The molecule has 0 bridgehead atoms. The summed E-state index contributed by atoms with van der Waals surface area (Å²) >= 11 is 6.17. The minimum atomic E-state index is -0.646. The van der Waals surface area contributed by atoms with Crippen LogP contribution in [-0.2, 0) is 0 Å². The topological polar surface area (TPSA) is 32.3 Å². The van der Waals surface area contributed by atoms with E-state index < -0.39 is 5.60 Å². The number of benzene rings is 1. The highest BCUT2D eigenvalue weighted by Gasteiger charge is 2.29. The van der Waals surface area contributed by atoms with Gasteiger partial charge in [-0.05, 0) is 38.0 Å². The molecular formula is C12H16ClNO. The monoisotopic (exact) mass is 225 g/mol. The van der Waals surface area contributed by atoms with Crippen molar-refractivity contribution < 1.29 is 5.11 Å². The van der Waals surface area contributed by atoms with E-state index in [1.165, 1.54) is 0 Å². The highest BCUT2D eigenvalue weighted by molar-refractivity contribution is 6.31. The standard InChI is InChI=1S/C12H16ClNO/c1-12(2,15)6-8-7-14-10-5-3-4-9(13)11(8)10/h3-5,8,14-15H,6-7H2,1-2H3. The van der Waals surface area contributed by atoms with E-state index in [1.54, 1.807) is 0 Å². The van der Waals surface area contributed by atoms with Crippen LogP contribution in [0.25, 0.3) is 0 Å². The molecule has 15 heavy (non-hydrogen) atoms. The van der Waals surface area contributed by atoms with Crippen molar-refractivity contribution in [3.63, 3.8) is 0 Å². The van der Waals surface area contributed by atoms with Crippen molar-refractivity contribution in [2.75, 3.05) is 11.9 Å². The minimum Gasteiger partial charge on any atom is -0.390 e. The van der Waals surface area contributed by atoms with E-state index in [4.69, 9.17) is 11.6 Å². The van der Waals surface area contributed by atoms with Gasteiger partial charge in [0.25, 0.3) is 0 Å². The molecular weight excluding hydrogens is 210 g/mol. The number of fused-ring (bicyclic) bond motifs is 1. The number of nitrogens with one attached hydrogen (secondary N) is 1. The van der Waals surface area contributed by atoms with Gasteiger partial charge in [-0.2, -0.15) is 0 Å². The predicted octanol–water partition coefficient (Wildman–Crippen LogP) is 3.01. The van der Waals surface area contributed by atoms with E-state index in [0.29, 0.717) is 5.92 Å². The van der Waals surface area contributed by atoms with Crippen molar-refractivity contribution in [3.05, 3.63) is 28.8 Å². The fraction of sp³-hybridized carbons (Fsp3) is 0.500. The molecule has 2 rings (SSSR count). The quantitative estimate of drug-likeness (QED) is 0.811. The molecule has 82 valence electrons. The van der Waals surface area contributed by atoms with Crippen LogP contribution >= 0.6 is 11.6 Å². The third-order valence-corrected chi connectivity index (χ3v) is 3.08. The minimum absolute atomic E-state index is 0.314. The van der Waals surface area contributed by atoms with Gasteiger partial charge < -0.3 is 10.4 Å². The Hall–Kier alpha value is -0.730. The molecule has 0 fully saturated rings. The van der Waals surface area contributed by atoms with Gasteiger partial charge in [-0.1, -0.05) is 17.7 Å². The van der Waals surface area contributed by atoms with Crippen molar-refractivity contribution in [1.82, 2.24) is 0 Å². The number of hydrogen-bond donors (Lipinski definition) is 2. The Kier molecular flexibility index (Phi) is 2.65. The van der Waals surface area contributed by atoms with Crippen LogP contribution in [0.5, 0.6) is 0 Å². The molecule has 0 aromatic heterocycles. The zero-order valence-corrected chi connectivity index (χ0v) is 9.80. The average Bonchev–Trinajstić information content (AvgIpc) is 2.47. The van der Waals surface area contributed by atoms with Gasteiger partial charge in [-0.15, -0.1) is 0 Å². The molecule has 0 saturated carbocycles. The zero-order chi connectivity index (χ0) is 11.1. The maximum absolute atomic E-state index is 9.82. The molecule has 3 heteroatoms. The highest BCUT2D eigenvalue weighted by Crippen LogP contribution is 2.40. The van der Waals surface area contributed by atoms with Crippen LogP contribution < -0.4 is 5.32 Å². The van der Waals surface area contributed by atoms with Gasteiger partial charge >= 0.3 is 0 Å². The molecule has 2 N–H and O–H groups in total. The third-order valence-electron chi connectivity index (χ3n) is 2.75. The van der Waals surface area contributed by atoms with Crippen LogP contribution in [0, 0.1) is 0 Å². The molecule has 0 saturated heterocycles. The molecule has 1 atom stereocenters. The smallest absolute Gasteiger partial charge is 0.0598 e. The van der Waals surface area contributed by atoms with Gasteiger partial charge in [0.1, 0.15) is 0 Å². The zero-order valence-electron chi connectivity index (χ0n) is 9.05. The molecule has 1 aliphatic rings. The molecule has 0 aliphatic carbocycles. The van der Waals surface area contributed by atoms with Gasteiger partial charge in [0.05, 0.1) is 5.60 Å². The van der Waals surface area contributed by atoms with Gasteiger partial charge in [0.15, 0.2) is 0 Å². The van der Waals surface area contributed by atoms with Gasteiger partial charge in [0, 0.05) is 23.2 Å². The van der Waals surface area contributed by atoms with E-state index in [2.05, 4.69) is 5.32 Å². The summed E-state index contributed by atoms with van der Waals surface area (Å²) in [6, 6.07) is 5.89. The molecule has 0 amide bonds. The second-order valence-corrected chi connectivity index (χ2v) is 5.20. The van der Waals surface area contributed by atoms with E-state index in [0.717, 1.165) is 29.2 Å². The van der Waals surface area contributed by atoms with E-state index in [9.17, 15) is 5.11 Å². The second kappa shape index (κ2) is 3.69. The van der Waals surface area contributed by atoms with Crippen LogP contribution in [0.15, 0.2) is 18.2 Å². The lowest BCUT2D eigenvalue weighted by atomic mass is 9.89. The Bertz CT molecular complexity index is 370. The van der Waals surface area contributed by atoms with Crippen molar-refractivity contribution in [2.45, 2.75) is 31.8 Å². The first kappa shape index (κ1) is 10.8. The summed E-state index contributed by atoms with van der Waals surface area (Å²) in [4.78, 5) is 0. The Morgan fingerprint density at radius 2 is 2.27 bits per heavy atom. The third kappa shape index (κ3) is 2.27. The number of halogens is 1. The van der Waals surface area contributed by atoms with Crippen LogP contribution in [0.2, 0.25) is 5.02 Å². The highest BCUT2D eigenvalue weighted by atomic mass is 35.5. The van der Waals surface area contributed by atoms with E-state index >= 15 is 0 Å². The summed E-state index contributed by atoms with van der Waals surface area (Å²) in [5.74, 6) is 0.314. The van der Waals surface area contributed by atoms with Crippen molar-refractivity contribution in [1.29, 1.82) is 0 Å². The van der Waals surface area contributed by atoms with Gasteiger partial charge in [-0.3, -0.25) is 0 Å². The maximum atomic E-state index is 9.82. The first-order chi connectivity index (χ1) is 6.97. The molecule has 1 aliphatic heterocycles. The molecule has 0 spiro atoms. The van der Waals surface area contributed by atoms with Gasteiger partial charge in [-0.25, -0.2) is 0 Å². The first-order valence-corrected chi connectivity index (χ1v) is 5.60. The molecule has 1 aromatic rings. The Morgan fingerprint density at radius 3 is 2.93 bits per heavy atom. The average molecular weight is 226 g/mol. The second-order valence-electron chi connectivity index (χ2n) is 4.80. The summed E-state index contributed by atoms with van der Waals surface area (Å²) in [5, 5.41) is 13.9. The first-order valence-electron chi connectivity index (χ1n) is 5.22. The lowest BCUT2D eigenvalue weighted by molar-refractivity contribution is 0.0648. The summed E-state index contributed by atoms with van der Waals surface area (Å²) < 4.78 is 0. The maximum Gasteiger partial charge on any atom is 0.0598 e. The number of hydrogen-bond acceptors (Lipinski definition) is 2. The molecule has 2 nitrogen and oxygen atoms in total. The molecule has 0 radical (unpaired) electrons. The SMILES string of the molecule is CC(C)(O)CC1CNc2cccc(Cl)c21. The normalized spacial score (nSPS) is 19.9. The van der Waals surface area contributed by atoms with Crippen molar-refractivity contribution >= 4 is 17.3 Å². The Labute approximate surface area is 95.3 Å². The van der Waals surface area contributed by atoms with Gasteiger partial charge in [0.2, 0.25) is 0 Å². The van der Waals surface area contributed by atoms with Crippen LogP contribution in [-0.4, -0.2) is 17.3 Å². The summed E-state index contributed by atoms with van der Waals surface area (Å²) in [5.41, 5.74) is 1.62. The molecule has 1 heterocycles. The van der Waals surface area contributed by atoms with E-state index in [1.807, 2.05) is 32.0 Å². The molecule has 1 unspecified atom stereocenters. The largest absolute Gasteiger partial charge is 0.390 e. The Morgan fingerprint density at radius 1 is 1.53 bits per heavy atom.